The van der Waals surface area contributed by atoms with E-state index in [0.717, 1.165) is 0 Å². The van der Waals surface area contributed by atoms with Gasteiger partial charge >= 0.3 is 29.6 Å². The molecule has 0 spiro atoms. The first-order valence-corrected chi connectivity index (χ1v) is 4.97. The van der Waals surface area contributed by atoms with Gasteiger partial charge in [-0.1, -0.05) is 6.08 Å². The Labute approximate surface area is 98.1 Å². The van der Waals surface area contributed by atoms with E-state index in [4.69, 9.17) is 4.18 Å². The van der Waals surface area contributed by atoms with Crippen LogP contribution < -0.4 is 29.6 Å². The van der Waals surface area contributed by atoms with Crippen LogP contribution in [0.3, 0.4) is 0 Å². The molecule has 0 bridgehead atoms. The molecule has 0 aliphatic carbocycles. The largest absolute Gasteiger partial charge is 1.00 e. The van der Waals surface area contributed by atoms with E-state index in [1.165, 1.54) is 13.0 Å². The Morgan fingerprint density at radius 2 is 2.00 bits per heavy atom. The van der Waals surface area contributed by atoms with E-state index in [1.54, 1.807) is 13.8 Å². The van der Waals surface area contributed by atoms with Crippen molar-refractivity contribution in [3.63, 3.8) is 0 Å². The molecule has 0 N–H and O–H groups in total. The van der Waals surface area contributed by atoms with E-state index in [0.29, 0.717) is 0 Å². The molecule has 0 heterocycles. The molecule has 0 aromatic carbocycles. The fourth-order valence-electron chi connectivity index (χ4n) is 0.420. The summed E-state index contributed by atoms with van der Waals surface area (Å²) >= 11 is 0. The molecule has 0 aromatic rings. The number of hydrogen-bond acceptors (Lipinski definition) is 3. The second kappa shape index (κ2) is 5.40. The van der Waals surface area contributed by atoms with Gasteiger partial charge in [0.05, 0.1) is 11.4 Å². The van der Waals surface area contributed by atoms with Crippen molar-refractivity contribution in [1.29, 1.82) is 0 Å². The summed E-state index contributed by atoms with van der Waals surface area (Å²) < 4.78 is 26.6. The van der Waals surface area contributed by atoms with Crippen molar-refractivity contribution in [2.24, 2.45) is 0 Å². The Hall–Kier alpha value is 0.650. The molecule has 0 saturated carbocycles. The van der Waals surface area contributed by atoms with Crippen LogP contribution in [0.25, 0.3) is 0 Å². The minimum absolute atomic E-state index is 0. The van der Waals surface area contributed by atoms with E-state index in [-0.39, 0.29) is 36.7 Å². The van der Waals surface area contributed by atoms with Crippen molar-refractivity contribution in [3.05, 3.63) is 12.7 Å². The minimum atomic E-state index is -3.36. The standard InChI is InChI=1S/C7H14O3S.Na.H/c1-5-7(3,4)10-11(8,9)6-2;;/h5H,1,6H2,2-4H3;;/q;+1;-1. The Morgan fingerprint density at radius 1 is 1.58 bits per heavy atom. The maximum atomic E-state index is 10.9. The van der Waals surface area contributed by atoms with Gasteiger partial charge < -0.3 is 1.43 Å². The molecule has 0 saturated heterocycles. The van der Waals surface area contributed by atoms with Gasteiger partial charge in [-0.05, 0) is 20.8 Å². The molecular formula is C7H15NaO3S. The van der Waals surface area contributed by atoms with E-state index in [1.807, 2.05) is 0 Å². The molecule has 0 rings (SSSR count). The average Bonchev–Trinajstić information content (AvgIpc) is 1.86. The summed E-state index contributed by atoms with van der Waals surface area (Å²) in [4.78, 5) is 0. The maximum Gasteiger partial charge on any atom is 1.00 e. The molecule has 0 aliphatic heterocycles. The van der Waals surface area contributed by atoms with Crippen LogP contribution in [0, 0.1) is 0 Å². The molecule has 0 aliphatic rings. The van der Waals surface area contributed by atoms with Crippen molar-refractivity contribution in [2.75, 3.05) is 5.75 Å². The van der Waals surface area contributed by atoms with Crippen LogP contribution in [0.5, 0.6) is 0 Å². The molecule has 0 amide bonds. The molecule has 0 unspecified atom stereocenters. The van der Waals surface area contributed by atoms with Gasteiger partial charge in [0.25, 0.3) is 10.1 Å². The van der Waals surface area contributed by atoms with Crippen LogP contribution in [0.15, 0.2) is 12.7 Å². The summed E-state index contributed by atoms with van der Waals surface area (Å²) in [6.45, 7) is 8.29. The third-order valence-corrected chi connectivity index (χ3v) is 2.58. The first-order valence-electron chi connectivity index (χ1n) is 3.40. The van der Waals surface area contributed by atoms with Crippen LogP contribution in [0.2, 0.25) is 0 Å². The normalized spacial score (nSPS) is 11.9. The van der Waals surface area contributed by atoms with Gasteiger partial charge in [0.15, 0.2) is 0 Å². The Balaban J connectivity index is -0.000000500. The second-order valence-corrected chi connectivity index (χ2v) is 4.60. The van der Waals surface area contributed by atoms with Gasteiger partial charge in [-0.2, -0.15) is 8.42 Å². The van der Waals surface area contributed by atoms with E-state index >= 15 is 0 Å². The summed E-state index contributed by atoms with van der Waals surface area (Å²) in [5.74, 6) is -0.00965. The van der Waals surface area contributed by atoms with E-state index in [2.05, 4.69) is 6.58 Å². The maximum absolute atomic E-state index is 10.9. The predicted octanol–water partition coefficient (Wildman–Crippen LogP) is -1.57. The van der Waals surface area contributed by atoms with Gasteiger partial charge in [-0.25, -0.2) is 0 Å². The van der Waals surface area contributed by atoms with Crippen molar-refractivity contribution in [3.8, 4) is 0 Å². The fourth-order valence-corrected chi connectivity index (χ4v) is 1.26. The SMILES string of the molecule is C=CC(C)(C)OS(=O)(=O)CC.[H-].[Na+]. The van der Waals surface area contributed by atoms with Gasteiger partial charge in [-0.3, -0.25) is 4.18 Å². The predicted molar refractivity (Wildman–Crippen MR) is 45.9 cm³/mol. The van der Waals surface area contributed by atoms with Crippen LogP contribution in [-0.4, -0.2) is 19.8 Å². The third kappa shape index (κ3) is 6.20. The molecule has 3 nitrogen and oxygen atoms in total. The summed E-state index contributed by atoms with van der Waals surface area (Å²) in [5.41, 5.74) is -0.797. The topological polar surface area (TPSA) is 43.4 Å². The molecular weight excluding hydrogens is 187 g/mol. The third-order valence-electron chi connectivity index (χ3n) is 1.19. The van der Waals surface area contributed by atoms with Crippen LogP contribution in [0.1, 0.15) is 22.2 Å². The molecule has 5 heteroatoms. The monoisotopic (exact) mass is 202 g/mol. The van der Waals surface area contributed by atoms with Crippen molar-refractivity contribution in [1.82, 2.24) is 0 Å². The zero-order valence-corrected chi connectivity index (χ0v) is 10.9. The Kier molecular flexibility index (Phi) is 6.81. The van der Waals surface area contributed by atoms with Crippen LogP contribution in [0.4, 0.5) is 0 Å². The molecule has 0 radical (unpaired) electrons. The quantitative estimate of drug-likeness (QED) is 0.314. The number of hydrogen-bond donors (Lipinski definition) is 0. The van der Waals surface area contributed by atoms with Crippen LogP contribution in [-0.2, 0) is 14.3 Å². The van der Waals surface area contributed by atoms with E-state index < -0.39 is 15.7 Å². The van der Waals surface area contributed by atoms with E-state index in [9.17, 15) is 8.42 Å². The minimum Gasteiger partial charge on any atom is -1.00 e. The molecule has 12 heavy (non-hydrogen) atoms. The zero-order valence-electron chi connectivity index (χ0n) is 9.12. The van der Waals surface area contributed by atoms with Gasteiger partial charge in [-0.15, -0.1) is 6.58 Å². The summed E-state index contributed by atoms with van der Waals surface area (Å²) in [6, 6.07) is 0. The molecule has 0 aromatic heterocycles. The van der Waals surface area contributed by atoms with Crippen molar-refractivity contribution < 1.29 is 43.6 Å². The van der Waals surface area contributed by atoms with Gasteiger partial charge in [0, 0.05) is 0 Å². The summed E-state index contributed by atoms with van der Waals surface area (Å²) in [6.07, 6.45) is 1.46. The zero-order chi connectivity index (χ0) is 9.12. The summed E-state index contributed by atoms with van der Waals surface area (Å²) in [5, 5.41) is 0. The average molecular weight is 202 g/mol. The molecule has 68 valence electrons. The Bertz CT molecular complexity index is 236. The van der Waals surface area contributed by atoms with Gasteiger partial charge in [0.2, 0.25) is 0 Å². The number of rotatable bonds is 4. The van der Waals surface area contributed by atoms with Gasteiger partial charge in [0.1, 0.15) is 0 Å². The first-order chi connectivity index (χ1) is 4.83. The van der Waals surface area contributed by atoms with Crippen molar-refractivity contribution >= 4 is 10.1 Å². The first kappa shape index (κ1) is 15.1. The summed E-state index contributed by atoms with van der Waals surface area (Å²) in [7, 11) is -3.36. The molecule has 0 atom stereocenters. The smallest absolute Gasteiger partial charge is 1.00 e. The Morgan fingerprint density at radius 3 is 2.25 bits per heavy atom. The van der Waals surface area contributed by atoms with Crippen molar-refractivity contribution in [2.45, 2.75) is 26.4 Å². The second-order valence-electron chi connectivity index (χ2n) is 2.74. The van der Waals surface area contributed by atoms with Crippen LogP contribution >= 0.6 is 0 Å². The molecule has 0 fully saturated rings. The fraction of sp³-hybridized carbons (Fsp3) is 0.714.